The molecular formula is C20H22F3N3O2. The summed E-state index contributed by atoms with van der Waals surface area (Å²) >= 11 is 0. The summed E-state index contributed by atoms with van der Waals surface area (Å²) in [6.07, 6.45) is -2.15. The van der Waals surface area contributed by atoms with Gasteiger partial charge in [0, 0.05) is 30.9 Å². The molecule has 0 spiro atoms. The topological polar surface area (TPSA) is 54.5 Å². The van der Waals surface area contributed by atoms with Crippen LogP contribution in [0.5, 0.6) is 5.75 Å². The zero-order chi connectivity index (χ0) is 20.3. The first-order valence-corrected chi connectivity index (χ1v) is 9.01. The predicted octanol–water partition coefficient (Wildman–Crippen LogP) is 3.82. The Bertz CT molecular complexity index is 830. The molecule has 1 N–H and O–H groups in total. The van der Waals surface area contributed by atoms with Crippen LogP contribution in [0.1, 0.15) is 34.3 Å². The molecule has 1 amide bonds. The number of piperidine rings is 1. The lowest BCUT2D eigenvalue weighted by atomic mass is 10.0. The molecule has 1 aromatic heterocycles. The minimum atomic E-state index is -4.39. The van der Waals surface area contributed by atoms with Gasteiger partial charge in [0.05, 0.1) is 12.7 Å². The molecule has 1 aliphatic rings. The number of rotatable bonds is 4. The van der Waals surface area contributed by atoms with Gasteiger partial charge in [-0.1, -0.05) is 6.07 Å². The standard InChI is InChI=1S/C20H22F3N3O2/c1-13-3-4-14(11-17(13)28-2)19(27)25-16-7-9-26(10-8-16)18-6-5-15(12-24-18)20(21,22)23/h3-6,11-12,16H,7-10H2,1-2H3,(H,25,27). The number of methoxy groups -OCH3 is 1. The van der Waals surface area contributed by atoms with E-state index in [9.17, 15) is 18.0 Å². The number of alkyl halides is 3. The maximum absolute atomic E-state index is 12.6. The van der Waals surface area contributed by atoms with Crippen molar-refractivity contribution in [3.05, 3.63) is 53.2 Å². The smallest absolute Gasteiger partial charge is 0.417 e. The molecule has 5 nitrogen and oxygen atoms in total. The van der Waals surface area contributed by atoms with Crippen LogP contribution in [0.25, 0.3) is 0 Å². The molecule has 0 aliphatic carbocycles. The number of aromatic nitrogens is 1. The van der Waals surface area contributed by atoms with E-state index in [0.717, 1.165) is 17.8 Å². The second-order valence-electron chi connectivity index (χ2n) is 6.82. The van der Waals surface area contributed by atoms with E-state index in [0.29, 0.717) is 43.1 Å². The van der Waals surface area contributed by atoms with Gasteiger partial charge in [0.25, 0.3) is 5.91 Å². The molecule has 1 fully saturated rings. The third-order valence-corrected chi connectivity index (χ3v) is 4.90. The van der Waals surface area contributed by atoms with Crippen molar-refractivity contribution in [1.82, 2.24) is 10.3 Å². The summed E-state index contributed by atoms with van der Waals surface area (Å²) in [5, 5.41) is 3.02. The maximum atomic E-state index is 12.6. The Balaban J connectivity index is 1.56. The molecule has 2 heterocycles. The van der Waals surface area contributed by atoms with E-state index in [4.69, 9.17) is 4.74 Å². The van der Waals surface area contributed by atoms with Crippen LogP contribution >= 0.6 is 0 Å². The number of anilines is 1. The molecule has 0 unspecified atom stereocenters. The van der Waals surface area contributed by atoms with Crippen molar-refractivity contribution in [2.75, 3.05) is 25.1 Å². The van der Waals surface area contributed by atoms with Crippen LogP contribution in [0.2, 0.25) is 0 Å². The average Bonchev–Trinajstić information content (AvgIpc) is 2.68. The zero-order valence-corrected chi connectivity index (χ0v) is 15.7. The fourth-order valence-corrected chi connectivity index (χ4v) is 3.22. The van der Waals surface area contributed by atoms with E-state index in [2.05, 4.69) is 10.3 Å². The Hall–Kier alpha value is -2.77. The number of carbonyl (C=O) groups is 1. The van der Waals surface area contributed by atoms with Crippen molar-refractivity contribution in [2.45, 2.75) is 32.0 Å². The molecule has 0 bridgehead atoms. The SMILES string of the molecule is COc1cc(C(=O)NC2CCN(c3ccc(C(F)(F)F)cn3)CC2)ccc1C. The summed E-state index contributed by atoms with van der Waals surface area (Å²) in [5.74, 6) is 1.02. The number of nitrogens with zero attached hydrogens (tertiary/aromatic N) is 2. The lowest BCUT2D eigenvalue weighted by molar-refractivity contribution is -0.137. The van der Waals surface area contributed by atoms with Crippen LogP contribution in [-0.2, 0) is 6.18 Å². The van der Waals surface area contributed by atoms with E-state index in [1.807, 2.05) is 17.9 Å². The summed E-state index contributed by atoms with van der Waals surface area (Å²) < 4.78 is 43.2. The number of ether oxygens (including phenoxy) is 1. The molecule has 1 aromatic carbocycles. The number of halogens is 3. The highest BCUT2D eigenvalue weighted by molar-refractivity contribution is 5.94. The van der Waals surface area contributed by atoms with E-state index in [1.165, 1.54) is 6.07 Å². The molecule has 0 radical (unpaired) electrons. The van der Waals surface area contributed by atoms with Crippen molar-refractivity contribution in [3.8, 4) is 5.75 Å². The van der Waals surface area contributed by atoms with Gasteiger partial charge in [-0.05, 0) is 49.6 Å². The Morgan fingerprint density at radius 3 is 2.50 bits per heavy atom. The highest BCUT2D eigenvalue weighted by Gasteiger charge is 2.31. The minimum Gasteiger partial charge on any atom is -0.496 e. The summed E-state index contributed by atoms with van der Waals surface area (Å²) in [5.41, 5.74) is 0.734. The highest BCUT2D eigenvalue weighted by Crippen LogP contribution is 2.30. The molecule has 1 aliphatic heterocycles. The second kappa shape index (κ2) is 8.08. The van der Waals surface area contributed by atoms with Gasteiger partial charge in [0.15, 0.2) is 0 Å². The van der Waals surface area contributed by atoms with Gasteiger partial charge in [-0.3, -0.25) is 4.79 Å². The van der Waals surface area contributed by atoms with Crippen LogP contribution < -0.4 is 15.0 Å². The third-order valence-electron chi connectivity index (χ3n) is 4.90. The van der Waals surface area contributed by atoms with Crippen molar-refractivity contribution in [3.63, 3.8) is 0 Å². The molecule has 8 heteroatoms. The quantitative estimate of drug-likeness (QED) is 0.858. The largest absolute Gasteiger partial charge is 0.496 e. The molecule has 150 valence electrons. The van der Waals surface area contributed by atoms with E-state index < -0.39 is 11.7 Å². The number of hydrogen-bond donors (Lipinski definition) is 1. The molecule has 1 saturated heterocycles. The number of hydrogen-bond acceptors (Lipinski definition) is 4. The summed E-state index contributed by atoms with van der Waals surface area (Å²) in [7, 11) is 1.56. The van der Waals surface area contributed by atoms with E-state index in [1.54, 1.807) is 19.2 Å². The van der Waals surface area contributed by atoms with Crippen LogP contribution in [0.4, 0.5) is 19.0 Å². The van der Waals surface area contributed by atoms with Gasteiger partial charge in [-0.15, -0.1) is 0 Å². The van der Waals surface area contributed by atoms with Crippen molar-refractivity contribution in [2.24, 2.45) is 0 Å². The number of amides is 1. The fourth-order valence-electron chi connectivity index (χ4n) is 3.22. The number of benzene rings is 1. The maximum Gasteiger partial charge on any atom is 0.417 e. The summed E-state index contributed by atoms with van der Waals surface area (Å²) in [6.45, 7) is 3.13. The molecule has 3 rings (SSSR count). The number of aryl methyl sites for hydroxylation is 1. The zero-order valence-electron chi connectivity index (χ0n) is 15.7. The van der Waals surface area contributed by atoms with Crippen molar-refractivity contribution >= 4 is 11.7 Å². The second-order valence-corrected chi connectivity index (χ2v) is 6.82. The number of nitrogens with one attached hydrogen (secondary N) is 1. The lowest BCUT2D eigenvalue weighted by Crippen LogP contribution is -2.45. The van der Waals surface area contributed by atoms with Gasteiger partial charge in [0.2, 0.25) is 0 Å². The Labute approximate surface area is 161 Å². The predicted molar refractivity (Wildman–Crippen MR) is 99.7 cm³/mol. The first-order valence-electron chi connectivity index (χ1n) is 9.01. The monoisotopic (exact) mass is 393 g/mol. The van der Waals surface area contributed by atoms with Crippen LogP contribution in [-0.4, -0.2) is 37.1 Å². The molecule has 0 atom stereocenters. The highest BCUT2D eigenvalue weighted by atomic mass is 19.4. The van der Waals surface area contributed by atoms with Gasteiger partial charge < -0.3 is 15.0 Å². The van der Waals surface area contributed by atoms with Gasteiger partial charge in [0.1, 0.15) is 11.6 Å². The summed E-state index contributed by atoms with van der Waals surface area (Å²) in [6, 6.07) is 7.75. The molecule has 0 saturated carbocycles. The van der Waals surface area contributed by atoms with Crippen molar-refractivity contribution < 1.29 is 22.7 Å². The van der Waals surface area contributed by atoms with Gasteiger partial charge in [-0.2, -0.15) is 13.2 Å². The van der Waals surface area contributed by atoms with Gasteiger partial charge >= 0.3 is 6.18 Å². The van der Waals surface area contributed by atoms with E-state index >= 15 is 0 Å². The normalized spacial score (nSPS) is 15.4. The Morgan fingerprint density at radius 1 is 1.21 bits per heavy atom. The Morgan fingerprint density at radius 2 is 1.93 bits per heavy atom. The van der Waals surface area contributed by atoms with Crippen molar-refractivity contribution in [1.29, 1.82) is 0 Å². The fraction of sp³-hybridized carbons (Fsp3) is 0.400. The third kappa shape index (κ3) is 4.55. The lowest BCUT2D eigenvalue weighted by Gasteiger charge is -2.33. The first-order chi connectivity index (χ1) is 13.3. The van der Waals surface area contributed by atoms with Crippen LogP contribution in [0, 0.1) is 6.92 Å². The molecule has 2 aromatic rings. The van der Waals surface area contributed by atoms with Crippen LogP contribution in [0.3, 0.4) is 0 Å². The molecular weight excluding hydrogens is 371 g/mol. The Kier molecular flexibility index (Phi) is 5.76. The summed E-state index contributed by atoms with van der Waals surface area (Å²) in [4.78, 5) is 18.3. The van der Waals surface area contributed by atoms with E-state index in [-0.39, 0.29) is 11.9 Å². The molecule has 28 heavy (non-hydrogen) atoms. The van der Waals surface area contributed by atoms with Crippen LogP contribution in [0.15, 0.2) is 36.5 Å². The van der Waals surface area contributed by atoms with Gasteiger partial charge in [-0.25, -0.2) is 4.98 Å². The average molecular weight is 393 g/mol. The minimum absolute atomic E-state index is 0.00509. The first kappa shape index (κ1) is 20.0. The number of carbonyl (C=O) groups excluding carboxylic acids is 1. The number of pyridine rings is 1.